The van der Waals surface area contributed by atoms with Crippen molar-refractivity contribution in [1.29, 1.82) is 0 Å². The van der Waals surface area contributed by atoms with Crippen LogP contribution >= 0.6 is 0 Å². The highest BCUT2D eigenvalue weighted by Gasteiger charge is 2.14. The van der Waals surface area contributed by atoms with Crippen molar-refractivity contribution in [2.75, 3.05) is 0 Å². The number of rotatable bonds is 6. The lowest BCUT2D eigenvalue weighted by atomic mass is 10.0. The lowest BCUT2D eigenvalue weighted by Gasteiger charge is -2.13. The Balaban J connectivity index is 0.951. The zero-order chi connectivity index (χ0) is 30.7. The monoisotopic (exact) mass is 593 g/mol. The average Bonchev–Trinajstić information content (AvgIpc) is 3.44. The van der Waals surface area contributed by atoms with Crippen LogP contribution in [0.15, 0.2) is 156 Å². The van der Waals surface area contributed by atoms with E-state index in [1.165, 1.54) is 16.7 Å². The van der Waals surface area contributed by atoms with Gasteiger partial charge in [-0.1, -0.05) is 127 Å². The number of fused-ring (bicyclic) bond motifs is 2. The van der Waals surface area contributed by atoms with Crippen molar-refractivity contribution in [3.63, 3.8) is 0 Å². The predicted molar refractivity (Wildman–Crippen MR) is 189 cm³/mol. The van der Waals surface area contributed by atoms with Gasteiger partial charge in [-0.25, -0.2) is 4.98 Å². The second-order valence-electron chi connectivity index (χ2n) is 11.5. The van der Waals surface area contributed by atoms with Gasteiger partial charge in [0.1, 0.15) is 17.0 Å². The average molecular weight is 594 g/mol. The van der Waals surface area contributed by atoms with E-state index in [0.29, 0.717) is 5.89 Å². The number of hydrogen-bond donors (Lipinski definition) is 0. The molecule has 7 aromatic rings. The minimum atomic E-state index is 0.625. The second kappa shape index (κ2) is 12.2. The molecule has 0 saturated heterocycles. The first kappa shape index (κ1) is 27.6. The molecule has 8 rings (SSSR count). The van der Waals surface area contributed by atoms with Crippen molar-refractivity contribution in [1.82, 2.24) is 4.98 Å². The minimum Gasteiger partial charge on any atom is -0.457 e. The van der Waals surface area contributed by atoms with Crippen LogP contribution in [0, 0.1) is 0 Å². The van der Waals surface area contributed by atoms with E-state index in [4.69, 9.17) is 14.1 Å². The number of ether oxygens (including phenoxy) is 1. The number of aromatic nitrogens is 1. The van der Waals surface area contributed by atoms with Crippen molar-refractivity contribution in [3.8, 4) is 39.5 Å². The minimum absolute atomic E-state index is 0.625. The van der Waals surface area contributed by atoms with E-state index in [-0.39, 0.29) is 0 Å². The first-order chi connectivity index (χ1) is 22.7. The molecular weight excluding hydrogens is 562 g/mol. The van der Waals surface area contributed by atoms with Crippen LogP contribution in [0.1, 0.15) is 28.7 Å². The molecule has 0 fully saturated rings. The van der Waals surface area contributed by atoms with Gasteiger partial charge >= 0.3 is 0 Å². The molecule has 1 aliphatic heterocycles. The molecule has 0 amide bonds. The van der Waals surface area contributed by atoms with Gasteiger partial charge in [-0.2, -0.15) is 0 Å². The van der Waals surface area contributed by atoms with E-state index < -0.39 is 0 Å². The third-order valence-corrected chi connectivity index (χ3v) is 8.45. The van der Waals surface area contributed by atoms with Crippen LogP contribution in [0.25, 0.3) is 62.7 Å². The van der Waals surface area contributed by atoms with Crippen LogP contribution in [0.2, 0.25) is 0 Å². The summed E-state index contributed by atoms with van der Waals surface area (Å²) >= 11 is 0. The zero-order valence-electron chi connectivity index (χ0n) is 25.3. The van der Waals surface area contributed by atoms with Crippen molar-refractivity contribution < 1.29 is 9.15 Å². The SMILES string of the molecule is C1=C(c2ccc(/C=C/c3ccc(-c4nc5ccc(-c6ccccc6)cc5o4)cc3)cc2)Oc2cc(-c3ccccc3)ccc2CC1. The van der Waals surface area contributed by atoms with E-state index in [0.717, 1.165) is 68.8 Å². The molecule has 6 aromatic carbocycles. The maximum atomic E-state index is 6.50. The number of allylic oxidation sites excluding steroid dienone is 1. The summed E-state index contributed by atoms with van der Waals surface area (Å²) in [4.78, 5) is 4.72. The van der Waals surface area contributed by atoms with Gasteiger partial charge < -0.3 is 9.15 Å². The normalized spacial score (nSPS) is 12.8. The quantitative estimate of drug-likeness (QED) is 0.180. The summed E-state index contributed by atoms with van der Waals surface area (Å²) in [6.07, 6.45) is 8.37. The van der Waals surface area contributed by atoms with E-state index in [1.807, 2.05) is 30.3 Å². The third-order valence-electron chi connectivity index (χ3n) is 8.45. The molecule has 46 heavy (non-hydrogen) atoms. The first-order valence-corrected chi connectivity index (χ1v) is 15.7. The number of oxazole rings is 1. The summed E-state index contributed by atoms with van der Waals surface area (Å²) in [5.41, 5.74) is 11.8. The first-order valence-electron chi connectivity index (χ1n) is 15.7. The van der Waals surface area contributed by atoms with E-state index in [2.05, 4.69) is 133 Å². The molecule has 1 aliphatic rings. The van der Waals surface area contributed by atoms with Gasteiger partial charge in [-0.15, -0.1) is 0 Å². The highest BCUT2D eigenvalue weighted by molar-refractivity contribution is 5.82. The lowest BCUT2D eigenvalue weighted by molar-refractivity contribution is 0.513. The maximum absolute atomic E-state index is 6.50. The summed E-state index contributed by atoms with van der Waals surface area (Å²) < 4.78 is 12.7. The molecule has 0 atom stereocenters. The molecule has 220 valence electrons. The van der Waals surface area contributed by atoms with Gasteiger partial charge in [0.2, 0.25) is 5.89 Å². The van der Waals surface area contributed by atoms with Gasteiger partial charge in [0.25, 0.3) is 0 Å². The van der Waals surface area contributed by atoms with Crippen molar-refractivity contribution in [2.45, 2.75) is 12.8 Å². The summed E-state index contributed by atoms with van der Waals surface area (Å²) in [6, 6.07) is 50.3. The summed E-state index contributed by atoms with van der Waals surface area (Å²) in [5.74, 6) is 2.47. The van der Waals surface area contributed by atoms with Crippen LogP contribution in [-0.4, -0.2) is 4.98 Å². The van der Waals surface area contributed by atoms with Crippen molar-refractivity contribution >= 4 is 29.0 Å². The Bertz CT molecular complexity index is 2190. The molecule has 0 unspecified atom stereocenters. The molecule has 0 aliphatic carbocycles. The Morgan fingerprint density at radius 2 is 1.11 bits per heavy atom. The molecule has 0 bridgehead atoms. The fourth-order valence-electron chi connectivity index (χ4n) is 5.91. The Morgan fingerprint density at radius 1 is 0.522 bits per heavy atom. The molecule has 0 spiro atoms. The Hall–Kier alpha value is -5.93. The predicted octanol–water partition coefficient (Wildman–Crippen LogP) is 11.4. The van der Waals surface area contributed by atoms with Crippen LogP contribution in [0.3, 0.4) is 0 Å². The van der Waals surface area contributed by atoms with Crippen LogP contribution in [0.5, 0.6) is 5.75 Å². The standard InChI is InChI=1S/C43H31NO2/c1-3-8-32(9-4-1)37-25-24-34-12-7-13-40(45-41(34)28-37)35-20-16-30(17-21-35)14-15-31-18-22-36(23-19-31)43-44-39-27-26-38(29-42(39)46-43)33-10-5-2-6-11-33/h1-6,8-11,13-29H,7,12H2/b15-14+. The van der Waals surface area contributed by atoms with Crippen molar-refractivity contribution in [2.24, 2.45) is 0 Å². The van der Waals surface area contributed by atoms with Gasteiger partial charge in [0, 0.05) is 11.1 Å². The highest BCUT2D eigenvalue weighted by atomic mass is 16.5. The molecule has 0 radical (unpaired) electrons. The fraction of sp³-hybridized carbons (Fsp3) is 0.0465. The number of aryl methyl sites for hydroxylation is 1. The fourth-order valence-corrected chi connectivity index (χ4v) is 5.91. The highest BCUT2D eigenvalue weighted by Crippen LogP contribution is 2.34. The zero-order valence-corrected chi connectivity index (χ0v) is 25.3. The topological polar surface area (TPSA) is 35.3 Å². The van der Waals surface area contributed by atoms with Gasteiger partial charge in [-0.05, 0) is 88.2 Å². The number of hydrogen-bond acceptors (Lipinski definition) is 3. The largest absolute Gasteiger partial charge is 0.457 e. The molecular formula is C43H31NO2. The lowest BCUT2D eigenvalue weighted by Crippen LogP contribution is -1.96. The van der Waals surface area contributed by atoms with Gasteiger partial charge in [0.15, 0.2) is 5.58 Å². The van der Waals surface area contributed by atoms with E-state index >= 15 is 0 Å². The molecule has 0 saturated carbocycles. The molecule has 3 nitrogen and oxygen atoms in total. The summed E-state index contributed by atoms with van der Waals surface area (Å²) in [6.45, 7) is 0. The number of nitrogens with zero attached hydrogens (tertiary/aromatic N) is 1. The van der Waals surface area contributed by atoms with Crippen LogP contribution in [0.4, 0.5) is 0 Å². The Kier molecular flexibility index (Phi) is 7.33. The van der Waals surface area contributed by atoms with Crippen molar-refractivity contribution in [3.05, 3.63) is 174 Å². The molecule has 0 N–H and O–H groups in total. The smallest absolute Gasteiger partial charge is 0.227 e. The second-order valence-corrected chi connectivity index (χ2v) is 11.5. The molecule has 1 aromatic heterocycles. The Labute approximate surface area is 268 Å². The third kappa shape index (κ3) is 5.79. The van der Waals surface area contributed by atoms with E-state index in [1.54, 1.807) is 0 Å². The number of benzene rings is 6. The van der Waals surface area contributed by atoms with Gasteiger partial charge in [-0.3, -0.25) is 0 Å². The summed E-state index contributed by atoms with van der Waals surface area (Å²) in [7, 11) is 0. The van der Waals surface area contributed by atoms with Crippen LogP contribution in [-0.2, 0) is 6.42 Å². The summed E-state index contributed by atoms with van der Waals surface area (Å²) in [5, 5.41) is 0. The van der Waals surface area contributed by atoms with Crippen LogP contribution < -0.4 is 4.74 Å². The Morgan fingerprint density at radius 3 is 1.78 bits per heavy atom. The molecule has 3 heteroatoms. The van der Waals surface area contributed by atoms with E-state index in [9.17, 15) is 0 Å². The van der Waals surface area contributed by atoms with Gasteiger partial charge in [0.05, 0.1) is 0 Å². The molecule has 2 heterocycles. The maximum Gasteiger partial charge on any atom is 0.227 e.